The van der Waals surface area contributed by atoms with Gasteiger partial charge in [-0.2, -0.15) is 0 Å². The van der Waals surface area contributed by atoms with Crippen molar-refractivity contribution in [3.63, 3.8) is 0 Å². The van der Waals surface area contributed by atoms with Gasteiger partial charge >= 0.3 is 0 Å². The third-order valence-corrected chi connectivity index (χ3v) is 1.94. The zero-order valence-corrected chi connectivity index (χ0v) is 7.40. The Labute approximate surface area is 73.8 Å². The maximum absolute atomic E-state index is 5.48. The van der Waals surface area contributed by atoms with E-state index in [1.54, 1.807) is 0 Å². The van der Waals surface area contributed by atoms with Gasteiger partial charge < -0.3 is 5.73 Å². The van der Waals surface area contributed by atoms with E-state index in [1.807, 2.05) is 25.2 Å². The minimum atomic E-state index is 0.274. The van der Waals surface area contributed by atoms with Gasteiger partial charge in [-0.1, -0.05) is 30.3 Å². The topological polar surface area (TPSA) is 40.1 Å². The molecule has 2 heteroatoms. The lowest BCUT2D eigenvalue weighted by Crippen LogP contribution is -2.14. The number of hydrogen-bond donors (Lipinski definition) is 1. The van der Waals surface area contributed by atoms with Gasteiger partial charge in [-0.05, 0) is 18.5 Å². The number of nitrogens with two attached hydrogens (primary N) is 1. The molecule has 0 bridgehead atoms. The standard InChI is InChI=1S/C10H15N2/c1-12-10(7-8-11)9-5-3-2-4-6-9/h2-6,10H,7-8,11H2,1H3. The van der Waals surface area contributed by atoms with Crippen molar-refractivity contribution in [2.24, 2.45) is 5.73 Å². The third-order valence-electron chi connectivity index (χ3n) is 1.94. The Balaban J connectivity index is 2.66. The van der Waals surface area contributed by atoms with Crippen molar-refractivity contribution < 1.29 is 0 Å². The first-order chi connectivity index (χ1) is 5.88. The molecular weight excluding hydrogens is 148 g/mol. The van der Waals surface area contributed by atoms with E-state index in [9.17, 15) is 0 Å². The van der Waals surface area contributed by atoms with Crippen molar-refractivity contribution in [1.29, 1.82) is 0 Å². The van der Waals surface area contributed by atoms with Crippen LogP contribution in [0.1, 0.15) is 18.0 Å². The average molecular weight is 163 g/mol. The van der Waals surface area contributed by atoms with E-state index in [1.165, 1.54) is 5.56 Å². The van der Waals surface area contributed by atoms with E-state index in [4.69, 9.17) is 5.73 Å². The van der Waals surface area contributed by atoms with Gasteiger partial charge in [-0.25, -0.2) is 5.32 Å². The molecule has 0 heterocycles. The molecule has 0 aliphatic heterocycles. The third kappa shape index (κ3) is 2.32. The Morgan fingerprint density at radius 1 is 1.33 bits per heavy atom. The van der Waals surface area contributed by atoms with Crippen LogP contribution in [0.4, 0.5) is 0 Å². The quantitative estimate of drug-likeness (QED) is 0.714. The molecule has 2 N–H and O–H groups in total. The Morgan fingerprint density at radius 3 is 2.50 bits per heavy atom. The Kier molecular flexibility index (Phi) is 3.77. The Morgan fingerprint density at radius 2 is 2.00 bits per heavy atom. The van der Waals surface area contributed by atoms with Gasteiger partial charge in [-0.15, -0.1) is 0 Å². The minimum absolute atomic E-state index is 0.274. The van der Waals surface area contributed by atoms with Crippen molar-refractivity contribution in [2.75, 3.05) is 13.6 Å². The molecular formula is C10H15N2. The highest BCUT2D eigenvalue weighted by Crippen LogP contribution is 2.15. The van der Waals surface area contributed by atoms with E-state index in [2.05, 4.69) is 17.4 Å². The first kappa shape index (κ1) is 9.23. The first-order valence-electron chi connectivity index (χ1n) is 4.22. The summed E-state index contributed by atoms with van der Waals surface area (Å²) >= 11 is 0. The molecule has 0 saturated heterocycles. The van der Waals surface area contributed by atoms with Crippen LogP contribution < -0.4 is 11.1 Å². The van der Waals surface area contributed by atoms with Gasteiger partial charge in [0.25, 0.3) is 0 Å². The summed E-state index contributed by atoms with van der Waals surface area (Å²) in [6.45, 7) is 0.691. The molecule has 0 amide bonds. The monoisotopic (exact) mass is 163 g/mol. The second kappa shape index (κ2) is 4.91. The van der Waals surface area contributed by atoms with E-state index in [0.29, 0.717) is 6.54 Å². The maximum Gasteiger partial charge on any atom is 0.0504 e. The lowest BCUT2D eigenvalue weighted by atomic mass is 10.0. The SMILES string of the molecule is C[N]C(CCN)c1ccccc1. The summed E-state index contributed by atoms with van der Waals surface area (Å²) in [4.78, 5) is 0. The lowest BCUT2D eigenvalue weighted by molar-refractivity contribution is 0.546. The fraction of sp³-hybridized carbons (Fsp3) is 0.400. The molecule has 0 aliphatic carbocycles. The van der Waals surface area contributed by atoms with Crippen LogP contribution >= 0.6 is 0 Å². The van der Waals surface area contributed by atoms with Crippen LogP contribution in [-0.4, -0.2) is 13.6 Å². The van der Waals surface area contributed by atoms with Gasteiger partial charge in [0.1, 0.15) is 0 Å². The summed E-state index contributed by atoms with van der Waals surface area (Å²) < 4.78 is 0. The van der Waals surface area contributed by atoms with Crippen molar-refractivity contribution in [1.82, 2.24) is 5.32 Å². The maximum atomic E-state index is 5.48. The van der Waals surface area contributed by atoms with Crippen molar-refractivity contribution in [3.8, 4) is 0 Å². The second-order valence-corrected chi connectivity index (χ2v) is 2.76. The van der Waals surface area contributed by atoms with Crippen molar-refractivity contribution in [2.45, 2.75) is 12.5 Å². The van der Waals surface area contributed by atoms with E-state index in [-0.39, 0.29) is 6.04 Å². The minimum Gasteiger partial charge on any atom is -0.330 e. The molecule has 1 aromatic rings. The number of nitrogens with zero attached hydrogens (tertiary/aromatic N) is 1. The van der Waals surface area contributed by atoms with Gasteiger partial charge in [0.05, 0.1) is 6.04 Å². The molecule has 0 spiro atoms. The van der Waals surface area contributed by atoms with Crippen LogP contribution in [0.3, 0.4) is 0 Å². The van der Waals surface area contributed by atoms with Crippen LogP contribution in [0.5, 0.6) is 0 Å². The van der Waals surface area contributed by atoms with E-state index < -0.39 is 0 Å². The highest BCUT2D eigenvalue weighted by molar-refractivity contribution is 5.18. The van der Waals surface area contributed by atoms with Gasteiger partial charge in [-0.3, -0.25) is 0 Å². The van der Waals surface area contributed by atoms with E-state index in [0.717, 1.165) is 6.42 Å². The van der Waals surface area contributed by atoms with E-state index >= 15 is 0 Å². The van der Waals surface area contributed by atoms with Crippen LogP contribution in [0.2, 0.25) is 0 Å². The summed E-state index contributed by atoms with van der Waals surface area (Å²) in [5.41, 5.74) is 6.74. The Hall–Kier alpha value is -0.860. The summed E-state index contributed by atoms with van der Waals surface area (Å²) in [6, 6.07) is 10.5. The molecule has 65 valence electrons. The second-order valence-electron chi connectivity index (χ2n) is 2.76. The van der Waals surface area contributed by atoms with Crippen LogP contribution in [0.25, 0.3) is 0 Å². The van der Waals surface area contributed by atoms with Crippen LogP contribution in [0, 0.1) is 0 Å². The molecule has 1 rings (SSSR count). The fourth-order valence-electron chi connectivity index (χ4n) is 1.28. The summed E-state index contributed by atoms with van der Waals surface area (Å²) in [5.74, 6) is 0. The molecule has 1 radical (unpaired) electrons. The van der Waals surface area contributed by atoms with Crippen molar-refractivity contribution in [3.05, 3.63) is 35.9 Å². The van der Waals surface area contributed by atoms with Gasteiger partial charge in [0, 0.05) is 7.05 Å². The molecule has 0 aromatic heterocycles. The highest BCUT2D eigenvalue weighted by Gasteiger charge is 2.06. The number of rotatable bonds is 4. The first-order valence-corrected chi connectivity index (χ1v) is 4.22. The lowest BCUT2D eigenvalue weighted by Gasteiger charge is -2.13. The molecule has 2 nitrogen and oxygen atoms in total. The van der Waals surface area contributed by atoms with Crippen LogP contribution in [0.15, 0.2) is 30.3 Å². The fourth-order valence-corrected chi connectivity index (χ4v) is 1.28. The molecule has 1 unspecified atom stereocenters. The number of benzene rings is 1. The molecule has 0 aliphatic rings. The average Bonchev–Trinajstić information content (AvgIpc) is 2.15. The van der Waals surface area contributed by atoms with Crippen LogP contribution in [-0.2, 0) is 0 Å². The normalized spacial score (nSPS) is 12.8. The molecule has 1 atom stereocenters. The predicted molar refractivity (Wildman–Crippen MR) is 50.9 cm³/mol. The summed E-state index contributed by atoms with van der Waals surface area (Å²) in [5, 5.41) is 4.27. The van der Waals surface area contributed by atoms with Crippen molar-refractivity contribution >= 4 is 0 Å². The molecule has 12 heavy (non-hydrogen) atoms. The molecule has 1 aromatic carbocycles. The predicted octanol–water partition coefficient (Wildman–Crippen LogP) is 1.31. The largest absolute Gasteiger partial charge is 0.330 e. The van der Waals surface area contributed by atoms with Gasteiger partial charge in [0.15, 0.2) is 0 Å². The summed E-state index contributed by atoms with van der Waals surface area (Å²) in [7, 11) is 1.84. The summed E-state index contributed by atoms with van der Waals surface area (Å²) in [6.07, 6.45) is 0.931. The van der Waals surface area contributed by atoms with Gasteiger partial charge in [0.2, 0.25) is 0 Å². The smallest absolute Gasteiger partial charge is 0.0504 e. The zero-order chi connectivity index (χ0) is 8.81. The Bertz CT molecular complexity index is 208. The number of hydrogen-bond acceptors (Lipinski definition) is 1. The highest BCUT2D eigenvalue weighted by atomic mass is 14.9. The zero-order valence-electron chi connectivity index (χ0n) is 7.40. The molecule has 0 fully saturated rings. The molecule has 0 saturated carbocycles.